The first-order valence-corrected chi connectivity index (χ1v) is 9.12. The molecular weight excluding hydrogens is 312 g/mol. The molecule has 2 heterocycles. The average molecular weight is 340 g/mol. The second kappa shape index (κ2) is 7.83. The number of benzene rings is 1. The first kappa shape index (κ1) is 17.7. The molecule has 0 aliphatic carbocycles. The Bertz CT molecular complexity index is 722. The number of nitrogens with zero attached hydrogens (tertiary/aromatic N) is 3. The first-order valence-electron chi connectivity index (χ1n) is 9.12. The number of carbonyl (C=O) groups excluding carboxylic acids is 1. The van der Waals surface area contributed by atoms with Crippen molar-refractivity contribution in [1.29, 1.82) is 0 Å². The maximum Gasteiger partial charge on any atom is 0.251 e. The van der Waals surface area contributed by atoms with Crippen molar-refractivity contribution in [2.45, 2.75) is 39.3 Å². The van der Waals surface area contributed by atoms with E-state index in [0.29, 0.717) is 18.5 Å². The third kappa shape index (κ3) is 4.48. The standard InChI is InChI=1S/C20H28N4O/c1-15(2)11-21-20(25)17-7-4-6-16(10-17)13-24-9-5-8-19(24)18-12-22-23(3)14-18/h4,6-7,10,12,14-15,19H,5,8-9,11,13H2,1-3H3,(H,21,25)/t19-/m1/s1. The fourth-order valence-corrected chi connectivity index (χ4v) is 3.45. The zero-order chi connectivity index (χ0) is 17.8. The number of amides is 1. The number of aryl methyl sites for hydroxylation is 1. The Morgan fingerprint density at radius 2 is 2.24 bits per heavy atom. The van der Waals surface area contributed by atoms with E-state index in [1.54, 1.807) is 0 Å². The molecule has 5 heteroatoms. The summed E-state index contributed by atoms with van der Waals surface area (Å²) in [6.45, 7) is 6.86. The first-order chi connectivity index (χ1) is 12.0. The van der Waals surface area contributed by atoms with E-state index in [0.717, 1.165) is 18.7 Å². The lowest BCUT2D eigenvalue weighted by Gasteiger charge is -2.23. The highest BCUT2D eigenvalue weighted by Gasteiger charge is 2.27. The van der Waals surface area contributed by atoms with Crippen molar-refractivity contribution in [2.75, 3.05) is 13.1 Å². The minimum absolute atomic E-state index is 0.0146. The van der Waals surface area contributed by atoms with Gasteiger partial charge in [-0.3, -0.25) is 14.4 Å². The van der Waals surface area contributed by atoms with Crippen molar-refractivity contribution < 1.29 is 4.79 Å². The summed E-state index contributed by atoms with van der Waals surface area (Å²) in [7, 11) is 1.96. The minimum atomic E-state index is 0.0146. The summed E-state index contributed by atoms with van der Waals surface area (Å²) >= 11 is 0. The van der Waals surface area contributed by atoms with Crippen molar-refractivity contribution >= 4 is 5.91 Å². The van der Waals surface area contributed by atoms with Gasteiger partial charge in [0.15, 0.2) is 0 Å². The third-order valence-electron chi connectivity index (χ3n) is 4.72. The van der Waals surface area contributed by atoms with E-state index in [4.69, 9.17) is 0 Å². The summed E-state index contributed by atoms with van der Waals surface area (Å²) in [5.74, 6) is 0.470. The van der Waals surface area contributed by atoms with Gasteiger partial charge in [-0.15, -0.1) is 0 Å². The largest absolute Gasteiger partial charge is 0.352 e. The maximum atomic E-state index is 12.3. The molecule has 1 aromatic carbocycles. The van der Waals surface area contributed by atoms with E-state index >= 15 is 0 Å². The fourth-order valence-electron chi connectivity index (χ4n) is 3.45. The Morgan fingerprint density at radius 3 is 2.96 bits per heavy atom. The molecule has 3 rings (SSSR count). The van der Waals surface area contributed by atoms with E-state index < -0.39 is 0 Å². The SMILES string of the molecule is CC(C)CNC(=O)c1cccc(CN2CCC[C@@H]2c2cnn(C)c2)c1. The summed E-state index contributed by atoms with van der Waals surface area (Å²) in [5.41, 5.74) is 3.22. The van der Waals surface area contributed by atoms with Crippen LogP contribution in [0, 0.1) is 5.92 Å². The highest BCUT2D eigenvalue weighted by molar-refractivity contribution is 5.94. The van der Waals surface area contributed by atoms with E-state index in [1.807, 2.05) is 36.1 Å². The van der Waals surface area contributed by atoms with Crippen LogP contribution in [0.25, 0.3) is 0 Å². The molecule has 0 saturated carbocycles. The number of carbonyl (C=O) groups is 1. The van der Waals surface area contributed by atoms with Gasteiger partial charge in [0.05, 0.1) is 6.20 Å². The lowest BCUT2D eigenvalue weighted by atomic mass is 10.1. The normalized spacial score (nSPS) is 18.0. The topological polar surface area (TPSA) is 50.2 Å². The van der Waals surface area contributed by atoms with Crippen molar-refractivity contribution in [2.24, 2.45) is 13.0 Å². The van der Waals surface area contributed by atoms with Crippen LogP contribution in [-0.4, -0.2) is 33.7 Å². The molecule has 1 amide bonds. The molecule has 134 valence electrons. The minimum Gasteiger partial charge on any atom is -0.352 e. The van der Waals surface area contributed by atoms with Gasteiger partial charge in [0.25, 0.3) is 5.91 Å². The number of nitrogens with one attached hydrogen (secondary N) is 1. The van der Waals surface area contributed by atoms with Crippen LogP contribution in [0.15, 0.2) is 36.7 Å². The van der Waals surface area contributed by atoms with Gasteiger partial charge in [0, 0.05) is 43.5 Å². The molecule has 0 unspecified atom stereocenters. The molecule has 1 aliphatic heterocycles. The van der Waals surface area contributed by atoms with Crippen LogP contribution in [0.3, 0.4) is 0 Å². The number of rotatable bonds is 6. The molecule has 2 aromatic rings. The van der Waals surface area contributed by atoms with Crippen LogP contribution >= 0.6 is 0 Å². The molecule has 0 radical (unpaired) electrons. The molecule has 1 atom stereocenters. The monoisotopic (exact) mass is 340 g/mol. The zero-order valence-corrected chi connectivity index (χ0v) is 15.4. The Kier molecular flexibility index (Phi) is 5.53. The van der Waals surface area contributed by atoms with Crippen LogP contribution < -0.4 is 5.32 Å². The van der Waals surface area contributed by atoms with Gasteiger partial charge in [-0.25, -0.2) is 0 Å². The number of hydrogen-bond acceptors (Lipinski definition) is 3. The number of hydrogen-bond donors (Lipinski definition) is 1. The lowest BCUT2D eigenvalue weighted by molar-refractivity contribution is 0.0949. The van der Waals surface area contributed by atoms with Crippen molar-refractivity contribution in [3.05, 3.63) is 53.3 Å². The van der Waals surface area contributed by atoms with Crippen molar-refractivity contribution in [1.82, 2.24) is 20.0 Å². The maximum absolute atomic E-state index is 12.3. The van der Waals surface area contributed by atoms with Gasteiger partial charge < -0.3 is 5.32 Å². The van der Waals surface area contributed by atoms with Gasteiger partial charge in [-0.05, 0) is 43.0 Å². The van der Waals surface area contributed by atoms with Crippen LogP contribution in [0.1, 0.15) is 54.2 Å². The van der Waals surface area contributed by atoms with Gasteiger partial charge in [0.2, 0.25) is 0 Å². The van der Waals surface area contributed by atoms with Gasteiger partial charge in [-0.2, -0.15) is 5.10 Å². The van der Waals surface area contributed by atoms with Gasteiger partial charge >= 0.3 is 0 Å². The highest BCUT2D eigenvalue weighted by Crippen LogP contribution is 2.32. The number of likely N-dealkylation sites (tertiary alicyclic amines) is 1. The Labute approximate surface area is 150 Å². The summed E-state index contributed by atoms with van der Waals surface area (Å²) in [6, 6.07) is 8.43. The molecule has 1 N–H and O–H groups in total. The second-order valence-corrected chi connectivity index (χ2v) is 7.38. The van der Waals surface area contributed by atoms with E-state index in [2.05, 4.69) is 41.4 Å². The average Bonchev–Trinajstić information content (AvgIpc) is 3.21. The molecule has 25 heavy (non-hydrogen) atoms. The van der Waals surface area contributed by atoms with Crippen LogP contribution in [0.4, 0.5) is 0 Å². The number of aromatic nitrogens is 2. The summed E-state index contributed by atoms with van der Waals surface area (Å²) in [6.07, 6.45) is 6.45. The van der Waals surface area contributed by atoms with E-state index in [-0.39, 0.29) is 5.91 Å². The van der Waals surface area contributed by atoms with Gasteiger partial charge in [0.1, 0.15) is 0 Å². The van der Waals surface area contributed by atoms with Crippen molar-refractivity contribution in [3.63, 3.8) is 0 Å². The summed E-state index contributed by atoms with van der Waals surface area (Å²) in [5, 5.41) is 7.30. The predicted molar refractivity (Wildman–Crippen MR) is 99.2 cm³/mol. The van der Waals surface area contributed by atoms with Gasteiger partial charge in [-0.1, -0.05) is 26.0 Å². The smallest absolute Gasteiger partial charge is 0.251 e. The molecule has 0 spiro atoms. The second-order valence-electron chi connectivity index (χ2n) is 7.38. The van der Waals surface area contributed by atoms with E-state index in [1.165, 1.54) is 24.0 Å². The fraction of sp³-hybridized carbons (Fsp3) is 0.500. The molecule has 1 aromatic heterocycles. The molecule has 0 bridgehead atoms. The molecule has 1 saturated heterocycles. The molecule has 1 fully saturated rings. The predicted octanol–water partition coefficient (Wildman–Crippen LogP) is 3.14. The summed E-state index contributed by atoms with van der Waals surface area (Å²) in [4.78, 5) is 14.8. The third-order valence-corrected chi connectivity index (χ3v) is 4.72. The van der Waals surface area contributed by atoms with Crippen LogP contribution in [0.2, 0.25) is 0 Å². The molecular formula is C20H28N4O. The Balaban J connectivity index is 1.68. The summed E-state index contributed by atoms with van der Waals surface area (Å²) < 4.78 is 1.87. The quantitative estimate of drug-likeness (QED) is 0.879. The highest BCUT2D eigenvalue weighted by atomic mass is 16.1. The van der Waals surface area contributed by atoms with E-state index in [9.17, 15) is 4.79 Å². The van der Waals surface area contributed by atoms with Crippen LogP contribution in [0.5, 0.6) is 0 Å². The molecule has 5 nitrogen and oxygen atoms in total. The van der Waals surface area contributed by atoms with Crippen molar-refractivity contribution in [3.8, 4) is 0 Å². The van der Waals surface area contributed by atoms with Crippen LogP contribution in [-0.2, 0) is 13.6 Å². The molecule has 1 aliphatic rings. The Hall–Kier alpha value is -2.14. The zero-order valence-electron chi connectivity index (χ0n) is 15.4. The lowest BCUT2D eigenvalue weighted by Crippen LogP contribution is -2.27. The Morgan fingerprint density at radius 1 is 1.40 bits per heavy atom.